The Balaban J connectivity index is 2.27. The SMILES string of the molecule is CCCc1nc(N)nc(N2CCC(C)=N2)n1. The molecule has 2 heterocycles. The van der Waals surface area contributed by atoms with E-state index in [1.807, 2.05) is 6.92 Å². The Morgan fingerprint density at radius 2 is 2.12 bits per heavy atom. The smallest absolute Gasteiger partial charge is 0.251 e. The van der Waals surface area contributed by atoms with Gasteiger partial charge in [-0.05, 0) is 13.3 Å². The molecule has 0 bridgehead atoms. The first-order chi connectivity index (χ1) is 7.69. The van der Waals surface area contributed by atoms with Gasteiger partial charge in [-0.1, -0.05) is 6.92 Å². The molecule has 86 valence electrons. The van der Waals surface area contributed by atoms with E-state index in [1.54, 1.807) is 5.01 Å². The van der Waals surface area contributed by atoms with Gasteiger partial charge in [-0.3, -0.25) is 0 Å². The van der Waals surface area contributed by atoms with Crippen LogP contribution in [0.15, 0.2) is 5.10 Å². The summed E-state index contributed by atoms with van der Waals surface area (Å²) < 4.78 is 0. The first kappa shape index (κ1) is 10.8. The number of hydrazone groups is 1. The van der Waals surface area contributed by atoms with E-state index < -0.39 is 0 Å². The minimum Gasteiger partial charge on any atom is -0.368 e. The highest BCUT2D eigenvalue weighted by Crippen LogP contribution is 2.15. The molecule has 6 nitrogen and oxygen atoms in total. The van der Waals surface area contributed by atoms with Crippen LogP contribution < -0.4 is 10.7 Å². The van der Waals surface area contributed by atoms with Crippen molar-refractivity contribution in [3.63, 3.8) is 0 Å². The molecule has 0 radical (unpaired) electrons. The fraction of sp³-hybridized carbons (Fsp3) is 0.600. The Kier molecular flexibility index (Phi) is 2.98. The maximum absolute atomic E-state index is 5.65. The lowest BCUT2D eigenvalue weighted by molar-refractivity contribution is 0.788. The van der Waals surface area contributed by atoms with E-state index in [-0.39, 0.29) is 5.95 Å². The highest BCUT2D eigenvalue weighted by molar-refractivity contribution is 5.85. The van der Waals surface area contributed by atoms with E-state index >= 15 is 0 Å². The van der Waals surface area contributed by atoms with E-state index in [0.717, 1.165) is 37.3 Å². The van der Waals surface area contributed by atoms with Crippen molar-refractivity contribution >= 4 is 17.6 Å². The Morgan fingerprint density at radius 1 is 1.31 bits per heavy atom. The van der Waals surface area contributed by atoms with Gasteiger partial charge in [-0.25, -0.2) is 5.01 Å². The van der Waals surface area contributed by atoms with Crippen molar-refractivity contribution in [3.8, 4) is 0 Å². The Hall–Kier alpha value is -1.72. The second kappa shape index (κ2) is 4.42. The summed E-state index contributed by atoms with van der Waals surface area (Å²) in [5.74, 6) is 1.57. The fourth-order valence-electron chi connectivity index (χ4n) is 1.59. The number of nitrogens with zero attached hydrogens (tertiary/aromatic N) is 5. The van der Waals surface area contributed by atoms with Gasteiger partial charge < -0.3 is 5.73 Å². The lowest BCUT2D eigenvalue weighted by Crippen LogP contribution is -2.18. The number of hydrogen-bond donors (Lipinski definition) is 1. The molecule has 0 spiro atoms. The molecule has 1 aromatic rings. The zero-order valence-electron chi connectivity index (χ0n) is 9.64. The van der Waals surface area contributed by atoms with Gasteiger partial charge in [-0.15, -0.1) is 0 Å². The van der Waals surface area contributed by atoms with E-state index in [4.69, 9.17) is 5.73 Å². The van der Waals surface area contributed by atoms with Gasteiger partial charge in [0.1, 0.15) is 5.82 Å². The molecule has 0 fully saturated rings. The fourth-order valence-corrected chi connectivity index (χ4v) is 1.59. The predicted molar refractivity (Wildman–Crippen MR) is 63.3 cm³/mol. The number of nitrogens with two attached hydrogens (primary N) is 1. The van der Waals surface area contributed by atoms with Crippen LogP contribution >= 0.6 is 0 Å². The molecule has 0 saturated heterocycles. The van der Waals surface area contributed by atoms with Gasteiger partial charge in [0, 0.05) is 18.6 Å². The van der Waals surface area contributed by atoms with Crippen LogP contribution in [0.2, 0.25) is 0 Å². The average Bonchev–Trinajstić information content (AvgIpc) is 2.64. The normalized spacial score (nSPS) is 15.4. The molecular weight excluding hydrogens is 204 g/mol. The molecule has 0 atom stereocenters. The molecule has 6 heteroatoms. The monoisotopic (exact) mass is 220 g/mol. The minimum absolute atomic E-state index is 0.271. The van der Waals surface area contributed by atoms with E-state index in [2.05, 4.69) is 27.0 Å². The summed E-state index contributed by atoms with van der Waals surface area (Å²) in [7, 11) is 0. The standard InChI is InChI=1S/C10H16N6/c1-3-4-8-12-9(11)14-10(13-8)16-6-5-7(2)15-16/h3-6H2,1-2H3,(H2,11,12,13,14). The molecule has 0 aliphatic carbocycles. The third-order valence-electron chi connectivity index (χ3n) is 2.37. The molecule has 0 aromatic carbocycles. The summed E-state index contributed by atoms with van der Waals surface area (Å²) in [6, 6.07) is 0. The largest absolute Gasteiger partial charge is 0.368 e. The van der Waals surface area contributed by atoms with Crippen LogP contribution in [0.3, 0.4) is 0 Å². The zero-order chi connectivity index (χ0) is 11.5. The molecule has 0 unspecified atom stereocenters. The van der Waals surface area contributed by atoms with E-state index in [0.29, 0.717) is 5.95 Å². The minimum atomic E-state index is 0.271. The number of rotatable bonds is 3. The quantitative estimate of drug-likeness (QED) is 0.821. The molecule has 2 rings (SSSR count). The molecule has 16 heavy (non-hydrogen) atoms. The van der Waals surface area contributed by atoms with Crippen molar-refractivity contribution < 1.29 is 0 Å². The zero-order valence-corrected chi connectivity index (χ0v) is 9.64. The second-order valence-electron chi connectivity index (χ2n) is 3.87. The van der Waals surface area contributed by atoms with Gasteiger partial charge >= 0.3 is 0 Å². The van der Waals surface area contributed by atoms with Gasteiger partial charge in [0.2, 0.25) is 5.95 Å². The lowest BCUT2D eigenvalue weighted by Gasteiger charge is -2.12. The third kappa shape index (κ3) is 2.26. The summed E-state index contributed by atoms with van der Waals surface area (Å²) in [4.78, 5) is 12.6. The third-order valence-corrected chi connectivity index (χ3v) is 2.37. The van der Waals surface area contributed by atoms with Crippen LogP contribution in [-0.2, 0) is 6.42 Å². The summed E-state index contributed by atoms with van der Waals surface area (Å²) in [5, 5.41) is 6.13. The molecular formula is C10H16N6. The molecule has 1 aliphatic heterocycles. The predicted octanol–water partition coefficient (Wildman–Crippen LogP) is 0.992. The van der Waals surface area contributed by atoms with Gasteiger partial charge in [0.25, 0.3) is 5.95 Å². The summed E-state index contributed by atoms with van der Waals surface area (Å²) in [6.45, 7) is 4.90. The van der Waals surface area contributed by atoms with Crippen LogP contribution in [0.5, 0.6) is 0 Å². The molecule has 0 saturated carbocycles. The van der Waals surface area contributed by atoms with Crippen LogP contribution in [0, 0.1) is 0 Å². The second-order valence-corrected chi connectivity index (χ2v) is 3.87. The summed E-state index contributed by atoms with van der Waals surface area (Å²) in [6.07, 6.45) is 2.76. The number of anilines is 2. The first-order valence-electron chi connectivity index (χ1n) is 5.51. The van der Waals surface area contributed by atoms with Gasteiger partial charge in [0.05, 0.1) is 6.54 Å². The maximum Gasteiger partial charge on any atom is 0.251 e. The number of aromatic nitrogens is 3. The number of hydrogen-bond acceptors (Lipinski definition) is 6. The maximum atomic E-state index is 5.65. The van der Waals surface area contributed by atoms with Crippen LogP contribution in [0.25, 0.3) is 0 Å². The van der Waals surface area contributed by atoms with Crippen molar-refractivity contribution in [2.75, 3.05) is 17.3 Å². The number of nitrogen functional groups attached to an aromatic ring is 1. The van der Waals surface area contributed by atoms with Crippen LogP contribution in [0.1, 0.15) is 32.5 Å². The van der Waals surface area contributed by atoms with Crippen molar-refractivity contribution in [1.82, 2.24) is 15.0 Å². The molecule has 1 aromatic heterocycles. The van der Waals surface area contributed by atoms with Crippen LogP contribution in [-0.4, -0.2) is 27.2 Å². The van der Waals surface area contributed by atoms with Gasteiger partial charge in [0.15, 0.2) is 0 Å². The van der Waals surface area contributed by atoms with Crippen molar-refractivity contribution in [2.45, 2.75) is 33.1 Å². The first-order valence-corrected chi connectivity index (χ1v) is 5.51. The average molecular weight is 220 g/mol. The lowest BCUT2D eigenvalue weighted by atomic mass is 10.3. The van der Waals surface area contributed by atoms with Crippen molar-refractivity contribution in [3.05, 3.63) is 5.82 Å². The van der Waals surface area contributed by atoms with Crippen molar-refractivity contribution in [2.24, 2.45) is 5.10 Å². The molecule has 0 amide bonds. The van der Waals surface area contributed by atoms with Gasteiger partial charge in [-0.2, -0.15) is 20.1 Å². The summed E-state index contributed by atoms with van der Waals surface area (Å²) >= 11 is 0. The van der Waals surface area contributed by atoms with E-state index in [9.17, 15) is 0 Å². The Morgan fingerprint density at radius 3 is 2.75 bits per heavy atom. The molecule has 1 aliphatic rings. The van der Waals surface area contributed by atoms with E-state index in [1.165, 1.54) is 0 Å². The Labute approximate surface area is 94.6 Å². The van der Waals surface area contributed by atoms with Crippen molar-refractivity contribution in [1.29, 1.82) is 0 Å². The number of aryl methyl sites for hydroxylation is 1. The molecule has 2 N–H and O–H groups in total. The highest BCUT2D eigenvalue weighted by atomic mass is 15.5. The topological polar surface area (TPSA) is 80.3 Å². The highest BCUT2D eigenvalue weighted by Gasteiger charge is 2.16. The Bertz CT molecular complexity index is 414. The summed E-state index contributed by atoms with van der Waals surface area (Å²) in [5.41, 5.74) is 6.75. The van der Waals surface area contributed by atoms with Crippen LogP contribution in [0.4, 0.5) is 11.9 Å².